The molecular formula is C6H2Cl2F3N. The molecule has 0 saturated heterocycles. The van der Waals surface area contributed by atoms with E-state index in [2.05, 4.69) is 4.98 Å². The Labute approximate surface area is 76.1 Å². The van der Waals surface area contributed by atoms with Gasteiger partial charge < -0.3 is 0 Å². The normalized spacial score (nSPS) is 10.8. The standard InChI is InChI=1S/C6H2Cl2F3N/c7-3-1-2(5(9)10)6(11)12-4(3)8/h1,5H. The van der Waals surface area contributed by atoms with Crippen LogP contribution in [0.4, 0.5) is 13.2 Å². The van der Waals surface area contributed by atoms with Crippen LogP contribution in [-0.2, 0) is 0 Å². The lowest BCUT2D eigenvalue weighted by Crippen LogP contribution is -1.95. The van der Waals surface area contributed by atoms with E-state index >= 15 is 0 Å². The maximum absolute atomic E-state index is 12.5. The summed E-state index contributed by atoms with van der Waals surface area (Å²) in [5, 5.41) is -0.507. The van der Waals surface area contributed by atoms with Crippen LogP contribution < -0.4 is 0 Å². The monoisotopic (exact) mass is 215 g/mol. The Kier molecular flexibility index (Phi) is 2.80. The predicted molar refractivity (Wildman–Crippen MR) is 39.2 cm³/mol. The molecule has 0 spiro atoms. The first-order chi connectivity index (χ1) is 5.52. The summed E-state index contributed by atoms with van der Waals surface area (Å²) in [5.74, 6) is -1.29. The number of alkyl halides is 2. The Hall–Kier alpha value is -0.480. The quantitative estimate of drug-likeness (QED) is 0.655. The zero-order valence-electron chi connectivity index (χ0n) is 5.49. The van der Waals surface area contributed by atoms with Gasteiger partial charge in [-0.05, 0) is 6.07 Å². The van der Waals surface area contributed by atoms with Crippen molar-refractivity contribution in [2.45, 2.75) is 6.43 Å². The molecule has 0 N–H and O–H groups in total. The highest BCUT2D eigenvalue weighted by atomic mass is 35.5. The molecule has 1 rings (SSSR count). The van der Waals surface area contributed by atoms with E-state index in [9.17, 15) is 13.2 Å². The van der Waals surface area contributed by atoms with Gasteiger partial charge >= 0.3 is 0 Å². The Balaban J connectivity index is 3.23. The van der Waals surface area contributed by atoms with Crippen LogP contribution in [0.25, 0.3) is 0 Å². The molecule has 0 aliphatic heterocycles. The molecule has 0 atom stereocenters. The third-order valence-corrected chi connectivity index (χ3v) is 1.82. The van der Waals surface area contributed by atoms with Gasteiger partial charge in [0.15, 0.2) is 5.15 Å². The van der Waals surface area contributed by atoms with Crippen molar-refractivity contribution in [3.05, 3.63) is 27.8 Å². The number of aromatic nitrogens is 1. The molecule has 0 radical (unpaired) electrons. The van der Waals surface area contributed by atoms with Crippen molar-refractivity contribution in [3.8, 4) is 0 Å². The van der Waals surface area contributed by atoms with E-state index in [1.165, 1.54) is 0 Å². The summed E-state index contributed by atoms with van der Waals surface area (Å²) in [7, 11) is 0. The SMILES string of the molecule is Fc1nc(Cl)c(Cl)cc1C(F)F. The van der Waals surface area contributed by atoms with E-state index in [0.717, 1.165) is 6.07 Å². The third kappa shape index (κ3) is 1.81. The minimum absolute atomic E-state index is 0.187. The second-order valence-electron chi connectivity index (χ2n) is 1.94. The summed E-state index contributed by atoms with van der Waals surface area (Å²) in [6.07, 6.45) is -2.94. The summed E-state index contributed by atoms with van der Waals surface area (Å²) in [6, 6.07) is 0.761. The molecule has 0 unspecified atom stereocenters. The van der Waals surface area contributed by atoms with Crippen LogP contribution in [0.3, 0.4) is 0 Å². The summed E-state index contributed by atoms with van der Waals surface area (Å²) >= 11 is 10.6. The molecule has 12 heavy (non-hydrogen) atoms. The molecule has 0 aromatic carbocycles. The number of nitrogens with zero attached hydrogens (tertiary/aromatic N) is 1. The topological polar surface area (TPSA) is 12.9 Å². The first-order valence-electron chi connectivity index (χ1n) is 2.82. The predicted octanol–water partition coefficient (Wildman–Crippen LogP) is 3.47. The van der Waals surface area contributed by atoms with Gasteiger partial charge in [0.2, 0.25) is 5.95 Å². The van der Waals surface area contributed by atoms with E-state index in [-0.39, 0.29) is 10.2 Å². The maximum atomic E-state index is 12.5. The van der Waals surface area contributed by atoms with Gasteiger partial charge in [0.1, 0.15) is 0 Å². The molecule has 6 heteroatoms. The maximum Gasteiger partial charge on any atom is 0.268 e. The fourth-order valence-electron chi connectivity index (χ4n) is 0.613. The average molecular weight is 216 g/mol. The highest BCUT2D eigenvalue weighted by molar-refractivity contribution is 6.41. The zero-order valence-corrected chi connectivity index (χ0v) is 7.00. The molecule has 66 valence electrons. The largest absolute Gasteiger partial charge is 0.268 e. The van der Waals surface area contributed by atoms with Crippen LogP contribution in [0.1, 0.15) is 12.0 Å². The lowest BCUT2D eigenvalue weighted by molar-refractivity contribution is 0.145. The van der Waals surface area contributed by atoms with E-state index in [4.69, 9.17) is 23.2 Å². The van der Waals surface area contributed by atoms with E-state index in [1.54, 1.807) is 0 Å². The molecule has 0 aliphatic rings. The van der Waals surface area contributed by atoms with Gasteiger partial charge in [-0.1, -0.05) is 23.2 Å². The summed E-state index contributed by atoms with van der Waals surface area (Å²) in [6.45, 7) is 0. The highest BCUT2D eigenvalue weighted by Crippen LogP contribution is 2.27. The number of halogens is 5. The van der Waals surface area contributed by atoms with Gasteiger partial charge in [-0.25, -0.2) is 13.8 Å². The molecule has 1 nitrogen and oxygen atoms in total. The van der Waals surface area contributed by atoms with Crippen molar-refractivity contribution in [3.63, 3.8) is 0 Å². The van der Waals surface area contributed by atoms with Crippen molar-refractivity contribution in [2.75, 3.05) is 0 Å². The van der Waals surface area contributed by atoms with Crippen LogP contribution in [-0.4, -0.2) is 4.98 Å². The van der Waals surface area contributed by atoms with Crippen molar-refractivity contribution in [1.29, 1.82) is 0 Å². The lowest BCUT2D eigenvalue weighted by Gasteiger charge is -2.01. The van der Waals surface area contributed by atoms with Gasteiger partial charge in [-0.2, -0.15) is 4.39 Å². The number of hydrogen-bond donors (Lipinski definition) is 0. The Morgan fingerprint density at radius 1 is 1.33 bits per heavy atom. The Bertz CT molecular complexity index is 303. The first kappa shape index (κ1) is 9.61. The van der Waals surface area contributed by atoms with Gasteiger partial charge in [-0.3, -0.25) is 0 Å². The molecule has 0 amide bonds. The van der Waals surface area contributed by atoms with Gasteiger partial charge in [0.25, 0.3) is 6.43 Å². The van der Waals surface area contributed by atoms with Crippen molar-refractivity contribution < 1.29 is 13.2 Å². The van der Waals surface area contributed by atoms with Crippen molar-refractivity contribution in [1.82, 2.24) is 4.98 Å². The fraction of sp³-hybridized carbons (Fsp3) is 0.167. The molecular weight excluding hydrogens is 214 g/mol. The van der Waals surface area contributed by atoms with Crippen LogP contribution in [0.15, 0.2) is 6.07 Å². The summed E-state index contributed by atoms with van der Waals surface area (Å²) < 4.78 is 36.5. The molecule has 0 fully saturated rings. The number of rotatable bonds is 1. The third-order valence-electron chi connectivity index (χ3n) is 1.15. The summed E-state index contributed by atoms with van der Waals surface area (Å²) in [4.78, 5) is 2.98. The van der Waals surface area contributed by atoms with Crippen LogP contribution in [0, 0.1) is 5.95 Å². The van der Waals surface area contributed by atoms with Gasteiger partial charge in [-0.15, -0.1) is 0 Å². The van der Waals surface area contributed by atoms with Crippen molar-refractivity contribution >= 4 is 23.2 Å². The molecule has 1 heterocycles. The van der Waals surface area contributed by atoms with Crippen molar-refractivity contribution in [2.24, 2.45) is 0 Å². The van der Waals surface area contributed by atoms with Crippen LogP contribution in [0.2, 0.25) is 10.2 Å². The Morgan fingerprint density at radius 2 is 1.92 bits per heavy atom. The van der Waals surface area contributed by atoms with Gasteiger partial charge in [0, 0.05) is 0 Å². The van der Waals surface area contributed by atoms with E-state index in [1.807, 2.05) is 0 Å². The van der Waals surface area contributed by atoms with Gasteiger partial charge in [0.05, 0.1) is 10.6 Å². The minimum Gasteiger partial charge on any atom is -0.206 e. The molecule has 0 aliphatic carbocycles. The number of pyridine rings is 1. The fourth-order valence-corrected chi connectivity index (χ4v) is 0.901. The average Bonchev–Trinajstić information content (AvgIpc) is 1.96. The van der Waals surface area contributed by atoms with Crippen LogP contribution >= 0.6 is 23.2 Å². The van der Waals surface area contributed by atoms with E-state index in [0.29, 0.717) is 0 Å². The number of hydrogen-bond acceptors (Lipinski definition) is 1. The molecule has 1 aromatic rings. The molecule has 1 aromatic heterocycles. The lowest BCUT2D eigenvalue weighted by atomic mass is 10.3. The highest BCUT2D eigenvalue weighted by Gasteiger charge is 2.16. The minimum atomic E-state index is -2.94. The molecule has 0 saturated carbocycles. The van der Waals surface area contributed by atoms with Crippen LogP contribution in [0.5, 0.6) is 0 Å². The molecule has 0 bridgehead atoms. The zero-order chi connectivity index (χ0) is 9.30. The smallest absolute Gasteiger partial charge is 0.206 e. The Morgan fingerprint density at radius 3 is 2.42 bits per heavy atom. The summed E-state index contributed by atoms with van der Waals surface area (Å²) in [5.41, 5.74) is -0.843. The van der Waals surface area contributed by atoms with E-state index < -0.39 is 17.9 Å². The second kappa shape index (κ2) is 3.49. The second-order valence-corrected chi connectivity index (χ2v) is 2.71. The first-order valence-corrected chi connectivity index (χ1v) is 3.57.